The fourth-order valence-corrected chi connectivity index (χ4v) is 5.15. The zero-order valence-electron chi connectivity index (χ0n) is 19.1. The summed E-state index contributed by atoms with van der Waals surface area (Å²) < 4.78 is 13.0. The highest BCUT2D eigenvalue weighted by Gasteiger charge is 2.30. The second kappa shape index (κ2) is 9.70. The molecule has 1 aliphatic rings. The molecule has 0 bridgehead atoms. The first kappa shape index (κ1) is 22.2. The molecule has 174 valence electrons. The van der Waals surface area contributed by atoms with Crippen LogP contribution in [-0.4, -0.2) is 47.7 Å². The maximum atomic E-state index is 13.0. The fourth-order valence-electron chi connectivity index (χ4n) is 4.43. The van der Waals surface area contributed by atoms with E-state index in [1.165, 1.54) is 22.6 Å². The van der Waals surface area contributed by atoms with E-state index in [1.54, 1.807) is 14.2 Å². The van der Waals surface area contributed by atoms with Gasteiger partial charge in [0.2, 0.25) is 5.91 Å². The normalized spacial score (nSPS) is 15.5. The summed E-state index contributed by atoms with van der Waals surface area (Å²) in [5.74, 6) is 1.30. The lowest BCUT2D eigenvalue weighted by atomic mass is 10.00. The van der Waals surface area contributed by atoms with Crippen molar-refractivity contribution in [3.05, 3.63) is 83.5 Å². The van der Waals surface area contributed by atoms with Crippen LogP contribution in [0.1, 0.15) is 17.3 Å². The van der Waals surface area contributed by atoms with Crippen LogP contribution in [0.25, 0.3) is 11.3 Å². The number of methoxy groups -OCH3 is 2. The van der Waals surface area contributed by atoms with Gasteiger partial charge >= 0.3 is 0 Å². The van der Waals surface area contributed by atoms with Crippen LogP contribution in [0.2, 0.25) is 0 Å². The van der Waals surface area contributed by atoms with Crippen molar-refractivity contribution < 1.29 is 14.3 Å². The molecule has 1 aliphatic heterocycles. The second-order valence-corrected chi connectivity index (χ2v) is 8.92. The van der Waals surface area contributed by atoms with Crippen LogP contribution in [0.5, 0.6) is 11.5 Å². The van der Waals surface area contributed by atoms with Crippen LogP contribution in [-0.2, 0) is 11.3 Å². The first-order valence-corrected chi connectivity index (χ1v) is 12.0. The number of hydrogen-bond acceptors (Lipinski definition) is 6. The van der Waals surface area contributed by atoms with Crippen LogP contribution in [0.4, 0.5) is 5.13 Å². The number of amides is 1. The maximum absolute atomic E-state index is 13.0. The molecule has 0 aliphatic carbocycles. The minimum atomic E-state index is -0.0801. The lowest BCUT2D eigenvalue weighted by Gasteiger charge is -2.36. The number of ether oxygens (including phenoxy) is 2. The molecule has 1 amide bonds. The van der Waals surface area contributed by atoms with E-state index in [9.17, 15) is 4.79 Å². The summed E-state index contributed by atoms with van der Waals surface area (Å²) in [6.45, 7) is 1.93. The van der Waals surface area contributed by atoms with Crippen LogP contribution in [0.3, 0.4) is 0 Å². The van der Waals surface area contributed by atoms with Gasteiger partial charge < -0.3 is 19.4 Å². The predicted molar refractivity (Wildman–Crippen MR) is 134 cm³/mol. The van der Waals surface area contributed by atoms with Crippen molar-refractivity contribution in [3.8, 4) is 22.8 Å². The van der Waals surface area contributed by atoms with Gasteiger partial charge in [0.05, 0.1) is 32.5 Å². The first-order valence-electron chi connectivity index (χ1n) is 11.1. The number of fused-ring (bicyclic) bond motifs is 1. The lowest BCUT2D eigenvalue weighted by molar-refractivity contribution is -0.117. The molecule has 2 aromatic carbocycles. The molecule has 0 spiro atoms. The van der Waals surface area contributed by atoms with Crippen molar-refractivity contribution in [2.45, 2.75) is 12.6 Å². The van der Waals surface area contributed by atoms with E-state index in [0.29, 0.717) is 16.6 Å². The molecule has 1 atom stereocenters. The quantitative estimate of drug-likeness (QED) is 0.422. The molecule has 0 saturated carbocycles. The number of carbonyl (C=O) groups excluding carboxylic acids is 1. The molecule has 4 aromatic rings. The van der Waals surface area contributed by atoms with E-state index in [4.69, 9.17) is 9.47 Å². The molecule has 0 fully saturated rings. The Kier molecular flexibility index (Phi) is 6.33. The number of benzene rings is 2. The summed E-state index contributed by atoms with van der Waals surface area (Å²) in [7, 11) is 3.23. The average Bonchev–Trinajstić information content (AvgIpc) is 3.53. The Morgan fingerprint density at radius 2 is 1.94 bits per heavy atom. The molecule has 7 nitrogen and oxygen atoms in total. The van der Waals surface area contributed by atoms with Crippen LogP contribution >= 0.6 is 11.3 Å². The predicted octanol–water partition coefficient (Wildman–Crippen LogP) is 4.67. The maximum Gasteiger partial charge on any atom is 0.240 e. The molecule has 0 radical (unpaired) electrons. The van der Waals surface area contributed by atoms with Crippen LogP contribution in [0, 0.1) is 0 Å². The largest absolute Gasteiger partial charge is 0.497 e. The number of carbonyl (C=O) groups is 1. The smallest absolute Gasteiger partial charge is 0.240 e. The lowest BCUT2D eigenvalue weighted by Crippen LogP contribution is -2.42. The molecule has 1 unspecified atom stereocenters. The molecule has 8 heteroatoms. The van der Waals surface area contributed by atoms with Gasteiger partial charge in [-0.25, -0.2) is 4.98 Å². The Morgan fingerprint density at radius 1 is 1.09 bits per heavy atom. The van der Waals surface area contributed by atoms with E-state index in [0.717, 1.165) is 24.3 Å². The zero-order valence-corrected chi connectivity index (χ0v) is 19.9. The van der Waals surface area contributed by atoms with Gasteiger partial charge in [-0.1, -0.05) is 30.3 Å². The van der Waals surface area contributed by atoms with Crippen molar-refractivity contribution in [1.82, 2.24) is 14.5 Å². The van der Waals surface area contributed by atoms with Gasteiger partial charge in [0, 0.05) is 42.0 Å². The Hall–Kier alpha value is -3.62. The minimum absolute atomic E-state index is 0.0334. The van der Waals surface area contributed by atoms with E-state index >= 15 is 0 Å². The Bertz CT molecular complexity index is 1280. The summed E-state index contributed by atoms with van der Waals surface area (Å²) >= 11 is 1.40. The molecule has 5 rings (SSSR count). The number of hydrogen-bond donors (Lipinski definition) is 1. The van der Waals surface area contributed by atoms with Crippen molar-refractivity contribution in [2.24, 2.45) is 0 Å². The third-order valence-corrected chi connectivity index (χ3v) is 6.79. The number of nitrogens with zero attached hydrogens (tertiary/aromatic N) is 3. The van der Waals surface area contributed by atoms with E-state index in [2.05, 4.69) is 50.2 Å². The van der Waals surface area contributed by atoms with Gasteiger partial charge in [-0.2, -0.15) is 0 Å². The molecule has 3 heterocycles. The number of thiazole rings is 1. The molecular formula is C26H26N4O3S. The van der Waals surface area contributed by atoms with Gasteiger partial charge in [0.25, 0.3) is 0 Å². The van der Waals surface area contributed by atoms with E-state index < -0.39 is 0 Å². The van der Waals surface area contributed by atoms with Gasteiger partial charge in [-0.15, -0.1) is 11.3 Å². The molecule has 34 heavy (non-hydrogen) atoms. The number of nitrogens with one attached hydrogen (secondary N) is 1. The standard InChI is InChI=1S/C26H26N4O3S/c1-32-19-10-11-20(23(15-19)33-2)21-17-34-26(27-21)28-24(31)16-30-14-13-29-12-6-9-22(29)25(30)18-7-4-3-5-8-18/h3-12,15,17,25H,13-14,16H2,1-2H3,(H,27,28,31). The van der Waals surface area contributed by atoms with Crippen LogP contribution in [0.15, 0.2) is 72.2 Å². The Labute approximate surface area is 202 Å². The van der Waals surface area contributed by atoms with Gasteiger partial charge in [0.15, 0.2) is 5.13 Å². The fraction of sp³-hybridized carbons (Fsp3) is 0.231. The monoisotopic (exact) mass is 474 g/mol. The summed E-state index contributed by atoms with van der Waals surface area (Å²) in [6, 6.07) is 20.2. The third-order valence-electron chi connectivity index (χ3n) is 6.04. The van der Waals surface area contributed by atoms with Crippen molar-refractivity contribution in [2.75, 3.05) is 32.6 Å². The van der Waals surface area contributed by atoms with Crippen LogP contribution < -0.4 is 14.8 Å². The summed E-state index contributed by atoms with van der Waals surface area (Å²) in [5, 5.41) is 5.47. The summed E-state index contributed by atoms with van der Waals surface area (Å²) in [6.07, 6.45) is 2.10. The SMILES string of the molecule is COc1ccc(-c2csc(NC(=O)CN3CCn4cccc4C3c3ccccc3)n2)c(OC)c1. The highest BCUT2D eigenvalue weighted by molar-refractivity contribution is 7.14. The molecular weight excluding hydrogens is 448 g/mol. The van der Waals surface area contributed by atoms with E-state index in [-0.39, 0.29) is 18.5 Å². The first-order chi connectivity index (χ1) is 16.7. The van der Waals surface area contributed by atoms with E-state index in [1.807, 2.05) is 41.8 Å². The molecule has 2 aromatic heterocycles. The van der Waals surface area contributed by atoms with Crippen molar-refractivity contribution >= 4 is 22.4 Å². The van der Waals surface area contributed by atoms with Crippen molar-refractivity contribution in [3.63, 3.8) is 0 Å². The van der Waals surface area contributed by atoms with Gasteiger partial charge in [0.1, 0.15) is 11.5 Å². The minimum Gasteiger partial charge on any atom is -0.497 e. The molecule has 1 N–H and O–H groups in total. The average molecular weight is 475 g/mol. The summed E-state index contributed by atoms with van der Waals surface area (Å²) in [5.41, 5.74) is 3.98. The molecule has 0 saturated heterocycles. The zero-order chi connectivity index (χ0) is 23.5. The highest BCUT2D eigenvalue weighted by Crippen LogP contribution is 2.35. The third kappa shape index (κ3) is 4.42. The van der Waals surface area contributed by atoms with Crippen molar-refractivity contribution in [1.29, 1.82) is 0 Å². The summed E-state index contributed by atoms with van der Waals surface area (Å²) in [4.78, 5) is 19.9. The topological polar surface area (TPSA) is 68.6 Å². The highest BCUT2D eigenvalue weighted by atomic mass is 32.1. The second-order valence-electron chi connectivity index (χ2n) is 8.06. The number of anilines is 1. The van der Waals surface area contributed by atoms with Gasteiger partial charge in [-0.05, 0) is 29.8 Å². The Balaban J connectivity index is 1.32. The number of aromatic nitrogens is 2. The number of rotatable bonds is 7. The van der Waals surface area contributed by atoms with Gasteiger partial charge in [-0.3, -0.25) is 9.69 Å². The Morgan fingerprint density at radius 3 is 2.74 bits per heavy atom.